The van der Waals surface area contributed by atoms with E-state index in [2.05, 4.69) is 5.32 Å². The van der Waals surface area contributed by atoms with Crippen molar-refractivity contribution < 1.29 is 46.1 Å². The summed E-state index contributed by atoms with van der Waals surface area (Å²) in [5.74, 6) is 0.0723. The van der Waals surface area contributed by atoms with Gasteiger partial charge in [-0.15, -0.1) is 0 Å². The van der Waals surface area contributed by atoms with Gasteiger partial charge in [-0.1, -0.05) is 60.3 Å². The molecular weight excluding hydrogens is 625 g/mol. The maximum Gasteiger partial charge on any atom is 0.430 e. The highest BCUT2D eigenvalue weighted by Gasteiger charge is 2.71. The Morgan fingerprint density at radius 3 is 2.24 bits per heavy atom. The van der Waals surface area contributed by atoms with E-state index in [1.54, 1.807) is 19.9 Å². The van der Waals surface area contributed by atoms with Crippen LogP contribution in [0.3, 0.4) is 0 Å². The van der Waals surface area contributed by atoms with E-state index in [9.17, 15) is 41.4 Å². The van der Waals surface area contributed by atoms with Gasteiger partial charge in [0.1, 0.15) is 11.3 Å². The summed E-state index contributed by atoms with van der Waals surface area (Å²) in [7, 11) is 0. The molecule has 3 N–H and O–H groups in total. The maximum absolute atomic E-state index is 13.3. The Morgan fingerprint density at radius 1 is 1.02 bits per heavy atom. The van der Waals surface area contributed by atoms with Crippen molar-refractivity contribution in [3.8, 4) is 5.75 Å². The SMILES string of the molecule is CCCc1cc(C(O)(C(F)(F)F)C(F)(F)F)ccc1OCCCCN1C(=O)NC(C)(c2ccc(Cl)c(Cl)c2Cl)C1O. The molecule has 0 aromatic heterocycles. The van der Waals surface area contributed by atoms with Crippen LogP contribution in [0.1, 0.15) is 49.8 Å². The second kappa shape index (κ2) is 12.2. The minimum absolute atomic E-state index is 0.0142. The summed E-state index contributed by atoms with van der Waals surface area (Å²) < 4.78 is 85.4. The minimum Gasteiger partial charge on any atom is -0.493 e. The number of urea groups is 1. The van der Waals surface area contributed by atoms with Gasteiger partial charge in [0.15, 0.2) is 6.23 Å². The van der Waals surface area contributed by atoms with Crippen LogP contribution in [0, 0.1) is 0 Å². The predicted molar refractivity (Wildman–Crippen MR) is 141 cm³/mol. The van der Waals surface area contributed by atoms with Gasteiger partial charge in [0.25, 0.3) is 5.60 Å². The Labute approximate surface area is 247 Å². The lowest BCUT2D eigenvalue weighted by Crippen LogP contribution is -2.53. The van der Waals surface area contributed by atoms with Crippen LogP contribution >= 0.6 is 34.8 Å². The lowest BCUT2D eigenvalue weighted by atomic mass is 9.90. The van der Waals surface area contributed by atoms with Crippen LogP contribution in [0.5, 0.6) is 5.75 Å². The van der Waals surface area contributed by atoms with Crippen LogP contribution < -0.4 is 10.1 Å². The molecular formula is C26H27Cl3F6N2O4. The zero-order valence-corrected chi connectivity index (χ0v) is 24.0. The molecule has 2 unspecified atom stereocenters. The number of amides is 2. The number of hydrogen-bond acceptors (Lipinski definition) is 4. The van der Waals surface area contributed by atoms with E-state index >= 15 is 0 Å². The highest BCUT2D eigenvalue weighted by molar-refractivity contribution is 6.48. The predicted octanol–water partition coefficient (Wildman–Crippen LogP) is 7.33. The van der Waals surface area contributed by atoms with E-state index in [1.165, 1.54) is 11.0 Å². The van der Waals surface area contributed by atoms with Crippen molar-refractivity contribution in [1.82, 2.24) is 10.2 Å². The first-order valence-electron chi connectivity index (χ1n) is 12.4. The molecule has 2 atom stereocenters. The quantitative estimate of drug-likeness (QED) is 0.143. The molecule has 2 aromatic rings. The third-order valence-electron chi connectivity index (χ3n) is 6.90. The number of alkyl halides is 6. The molecule has 0 spiro atoms. The van der Waals surface area contributed by atoms with Crippen molar-refractivity contribution in [2.75, 3.05) is 13.2 Å². The number of nitrogens with one attached hydrogen (secondary N) is 1. The van der Waals surface area contributed by atoms with Crippen LogP contribution in [0.2, 0.25) is 15.1 Å². The fraction of sp³-hybridized carbons (Fsp3) is 0.500. The van der Waals surface area contributed by atoms with Crippen molar-refractivity contribution in [2.45, 2.75) is 69.3 Å². The van der Waals surface area contributed by atoms with Gasteiger partial charge in [-0.3, -0.25) is 4.90 Å². The highest BCUT2D eigenvalue weighted by Crippen LogP contribution is 2.50. The Bertz CT molecular complexity index is 1260. The first kappa shape index (κ1) is 33.4. The number of carbonyl (C=O) groups excluding carboxylic acids is 1. The van der Waals surface area contributed by atoms with Crippen molar-refractivity contribution in [3.05, 3.63) is 62.1 Å². The van der Waals surface area contributed by atoms with E-state index in [0.717, 1.165) is 6.07 Å². The normalized spacial score (nSPS) is 20.0. The molecule has 6 nitrogen and oxygen atoms in total. The van der Waals surface area contributed by atoms with Crippen LogP contribution in [0.15, 0.2) is 30.3 Å². The Balaban J connectivity index is 1.66. The van der Waals surface area contributed by atoms with Crippen molar-refractivity contribution >= 4 is 40.8 Å². The summed E-state index contributed by atoms with van der Waals surface area (Å²) in [5, 5.41) is 23.7. The lowest BCUT2D eigenvalue weighted by molar-refractivity contribution is -0.376. The van der Waals surface area contributed by atoms with Crippen molar-refractivity contribution in [3.63, 3.8) is 0 Å². The third kappa shape index (κ3) is 6.31. The summed E-state index contributed by atoms with van der Waals surface area (Å²) in [6.45, 7) is 3.36. The van der Waals surface area contributed by atoms with Gasteiger partial charge in [-0.25, -0.2) is 4.79 Å². The second-order valence-electron chi connectivity index (χ2n) is 9.76. The number of rotatable bonds is 10. The first-order chi connectivity index (χ1) is 18.9. The largest absolute Gasteiger partial charge is 0.493 e. The van der Waals surface area contributed by atoms with Gasteiger partial charge in [0.05, 0.1) is 21.7 Å². The van der Waals surface area contributed by atoms with Crippen LogP contribution in [0.4, 0.5) is 31.1 Å². The number of aliphatic hydroxyl groups excluding tert-OH is 1. The monoisotopic (exact) mass is 650 g/mol. The zero-order chi connectivity index (χ0) is 31.0. The van der Waals surface area contributed by atoms with Gasteiger partial charge < -0.3 is 20.3 Å². The fourth-order valence-corrected chi connectivity index (χ4v) is 5.33. The lowest BCUT2D eigenvalue weighted by Gasteiger charge is -2.33. The van der Waals surface area contributed by atoms with E-state index < -0.39 is 41.3 Å². The fourth-order valence-electron chi connectivity index (χ4n) is 4.60. The van der Waals surface area contributed by atoms with E-state index in [-0.39, 0.29) is 46.0 Å². The molecule has 3 rings (SSSR count). The molecule has 2 aromatic carbocycles. The average molecular weight is 652 g/mol. The van der Waals surface area contributed by atoms with Crippen molar-refractivity contribution in [1.29, 1.82) is 0 Å². The number of halogens is 9. The molecule has 1 heterocycles. The number of aryl methyl sites for hydroxylation is 1. The molecule has 2 amide bonds. The average Bonchev–Trinajstić information content (AvgIpc) is 3.09. The number of hydrogen-bond donors (Lipinski definition) is 3. The Kier molecular flexibility index (Phi) is 9.97. The van der Waals surface area contributed by atoms with Gasteiger partial charge in [0.2, 0.25) is 0 Å². The van der Waals surface area contributed by atoms with Crippen molar-refractivity contribution in [2.24, 2.45) is 0 Å². The number of unbranched alkanes of at least 4 members (excludes halogenated alkanes) is 1. The zero-order valence-electron chi connectivity index (χ0n) is 21.8. The molecule has 1 saturated heterocycles. The smallest absolute Gasteiger partial charge is 0.430 e. The van der Waals surface area contributed by atoms with Gasteiger partial charge in [-0.2, -0.15) is 26.3 Å². The molecule has 1 fully saturated rings. The Morgan fingerprint density at radius 2 is 1.66 bits per heavy atom. The summed E-state index contributed by atoms with van der Waals surface area (Å²) in [5.41, 5.74) is -7.26. The summed E-state index contributed by atoms with van der Waals surface area (Å²) in [6, 6.07) is 4.62. The van der Waals surface area contributed by atoms with Crippen LogP contribution in [-0.2, 0) is 17.6 Å². The van der Waals surface area contributed by atoms with Crippen LogP contribution in [-0.4, -0.2) is 52.9 Å². The molecule has 0 radical (unpaired) electrons. The summed E-state index contributed by atoms with van der Waals surface area (Å²) in [4.78, 5) is 13.8. The summed E-state index contributed by atoms with van der Waals surface area (Å²) >= 11 is 18.4. The molecule has 41 heavy (non-hydrogen) atoms. The number of benzene rings is 2. The van der Waals surface area contributed by atoms with Gasteiger partial charge in [0, 0.05) is 17.7 Å². The molecule has 228 valence electrons. The molecule has 15 heteroatoms. The number of carbonyl (C=O) groups is 1. The molecule has 1 aliphatic rings. The maximum atomic E-state index is 13.3. The molecule has 0 aliphatic carbocycles. The number of aliphatic hydroxyl groups is 2. The van der Waals surface area contributed by atoms with E-state index in [4.69, 9.17) is 39.5 Å². The minimum atomic E-state index is -6.00. The topological polar surface area (TPSA) is 82.0 Å². The third-order valence-corrected chi connectivity index (χ3v) is 8.20. The standard InChI is InChI=1S/C26H27Cl3F6N2O4/c1-3-6-14-13-15(24(40,25(30,31)32)26(33,34)35)7-10-18(14)41-12-5-4-11-37-21(38)23(2,36-22(37)39)16-8-9-17(27)20(29)19(16)28/h7-10,13,21,38,40H,3-6,11-12H2,1-2H3,(H,36,39). The first-order valence-corrected chi connectivity index (χ1v) is 13.6. The summed E-state index contributed by atoms with van der Waals surface area (Å²) in [6.07, 6.45) is -12.2. The van der Waals surface area contributed by atoms with Crippen LogP contribution in [0.25, 0.3) is 0 Å². The molecule has 0 saturated carbocycles. The molecule has 1 aliphatic heterocycles. The van der Waals surface area contributed by atoms with Gasteiger partial charge >= 0.3 is 18.4 Å². The second-order valence-corrected chi connectivity index (χ2v) is 10.9. The van der Waals surface area contributed by atoms with E-state index in [0.29, 0.717) is 37.0 Å². The molecule has 0 bridgehead atoms. The van der Waals surface area contributed by atoms with Gasteiger partial charge in [-0.05, 0) is 49.9 Å². The highest BCUT2D eigenvalue weighted by atomic mass is 35.5. The number of nitrogens with zero attached hydrogens (tertiary/aromatic N) is 1. The Hall–Kier alpha value is -2.12. The number of ether oxygens (including phenoxy) is 1. The van der Waals surface area contributed by atoms with E-state index in [1.807, 2.05) is 0 Å².